The quantitative estimate of drug-likeness (QED) is 0.769. The minimum absolute atomic E-state index is 0.280. The molecule has 0 saturated heterocycles. The van der Waals surface area contributed by atoms with Crippen molar-refractivity contribution in [1.82, 2.24) is 4.57 Å². The molecule has 1 N–H and O–H groups in total. The molecule has 0 saturated carbocycles. The molecule has 0 bridgehead atoms. The molecular weight excluding hydrogens is 174 g/mol. The van der Waals surface area contributed by atoms with Crippen LogP contribution in [0, 0.1) is 0 Å². The van der Waals surface area contributed by atoms with Crippen molar-refractivity contribution in [3.63, 3.8) is 0 Å². The Bertz CT molecular complexity index is 443. The molecule has 1 aromatic heterocycles. The van der Waals surface area contributed by atoms with E-state index in [0.717, 1.165) is 0 Å². The van der Waals surface area contributed by atoms with Gasteiger partial charge in [-0.3, -0.25) is 0 Å². The molecule has 0 radical (unpaired) electrons. The molecule has 1 aromatic carbocycles. The molecule has 0 aliphatic rings. The summed E-state index contributed by atoms with van der Waals surface area (Å²) in [6, 6.07) is 10.4. The summed E-state index contributed by atoms with van der Waals surface area (Å²) in [6.07, 6.45) is 0.434. The standard InChI is InChI=1S/C12H15NO/c1-9(14)7-11-8-10-5-3-4-6-12(10)13(11)2/h3-6,8-9,14H,7H2,1-2H3/t9-/m1/s1. The number of rotatable bonds is 2. The summed E-state index contributed by atoms with van der Waals surface area (Å²) >= 11 is 0. The SMILES string of the molecule is C[C@@H](O)Cc1cc2ccccc2n1C. The van der Waals surface area contributed by atoms with Crippen LogP contribution in [0.5, 0.6) is 0 Å². The highest BCUT2D eigenvalue weighted by molar-refractivity contribution is 5.81. The highest BCUT2D eigenvalue weighted by Gasteiger charge is 2.06. The lowest BCUT2D eigenvalue weighted by molar-refractivity contribution is 0.193. The lowest BCUT2D eigenvalue weighted by Gasteiger charge is -2.05. The van der Waals surface area contributed by atoms with Gasteiger partial charge in [0.15, 0.2) is 0 Å². The van der Waals surface area contributed by atoms with E-state index in [-0.39, 0.29) is 6.10 Å². The fourth-order valence-corrected chi connectivity index (χ4v) is 1.84. The van der Waals surface area contributed by atoms with Gasteiger partial charge in [0.2, 0.25) is 0 Å². The van der Waals surface area contributed by atoms with Crippen molar-refractivity contribution in [1.29, 1.82) is 0 Å². The predicted octanol–water partition coefficient (Wildman–Crippen LogP) is 2.10. The summed E-state index contributed by atoms with van der Waals surface area (Å²) in [5.41, 5.74) is 2.41. The van der Waals surface area contributed by atoms with Crippen LogP contribution >= 0.6 is 0 Å². The van der Waals surface area contributed by atoms with E-state index in [1.165, 1.54) is 16.6 Å². The van der Waals surface area contributed by atoms with E-state index in [1.54, 1.807) is 0 Å². The molecule has 2 rings (SSSR count). The number of para-hydroxylation sites is 1. The van der Waals surface area contributed by atoms with Gasteiger partial charge in [0.05, 0.1) is 6.10 Å². The number of fused-ring (bicyclic) bond motifs is 1. The Balaban J connectivity index is 2.51. The Morgan fingerprint density at radius 2 is 2.07 bits per heavy atom. The maximum absolute atomic E-state index is 9.34. The van der Waals surface area contributed by atoms with Gasteiger partial charge in [0, 0.05) is 24.7 Å². The van der Waals surface area contributed by atoms with Crippen molar-refractivity contribution in [2.45, 2.75) is 19.4 Å². The Kier molecular flexibility index (Phi) is 2.30. The number of benzene rings is 1. The first-order valence-corrected chi connectivity index (χ1v) is 4.90. The monoisotopic (exact) mass is 189 g/mol. The lowest BCUT2D eigenvalue weighted by Crippen LogP contribution is -2.07. The van der Waals surface area contributed by atoms with Crippen molar-refractivity contribution in [3.05, 3.63) is 36.0 Å². The summed E-state index contributed by atoms with van der Waals surface area (Å²) in [4.78, 5) is 0. The van der Waals surface area contributed by atoms with E-state index >= 15 is 0 Å². The summed E-state index contributed by atoms with van der Waals surface area (Å²) in [7, 11) is 2.04. The van der Waals surface area contributed by atoms with Crippen LogP contribution in [-0.4, -0.2) is 15.8 Å². The second-order valence-corrected chi connectivity index (χ2v) is 3.81. The van der Waals surface area contributed by atoms with Gasteiger partial charge in [-0.05, 0) is 24.4 Å². The zero-order chi connectivity index (χ0) is 10.1. The third-order valence-electron chi connectivity index (χ3n) is 2.56. The van der Waals surface area contributed by atoms with Crippen LogP contribution in [0.2, 0.25) is 0 Å². The Hall–Kier alpha value is -1.28. The summed E-state index contributed by atoms with van der Waals surface area (Å²) in [6.45, 7) is 1.82. The van der Waals surface area contributed by atoms with Gasteiger partial charge in [-0.15, -0.1) is 0 Å². The minimum Gasteiger partial charge on any atom is -0.393 e. The fraction of sp³-hybridized carbons (Fsp3) is 0.333. The third kappa shape index (κ3) is 1.53. The molecule has 0 aliphatic heterocycles. The molecule has 74 valence electrons. The van der Waals surface area contributed by atoms with E-state index in [0.29, 0.717) is 6.42 Å². The summed E-state index contributed by atoms with van der Waals surface area (Å²) < 4.78 is 2.14. The van der Waals surface area contributed by atoms with Crippen LogP contribution in [-0.2, 0) is 13.5 Å². The van der Waals surface area contributed by atoms with Crippen molar-refractivity contribution in [3.8, 4) is 0 Å². The Morgan fingerprint density at radius 1 is 1.36 bits per heavy atom. The molecule has 0 unspecified atom stereocenters. The molecule has 0 amide bonds. The number of hydrogen-bond acceptors (Lipinski definition) is 1. The summed E-state index contributed by atoms with van der Waals surface area (Å²) in [5.74, 6) is 0. The molecule has 2 heteroatoms. The van der Waals surface area contributed by atoms with Crippen LogP contribution < -0.4 is 0 Å². The zero-order valence-corrected chi connectivity index (χ0v) is 8.57. The first-order chi connectivity index (χ1) is 6.68. The molecule has 0 fully saturated rings. The maximum Gasteiger partial charge on any atom is 0.0566 e. The van der Waals surface area contributed by atoms with Crippen molar-refractivity contribution >= 4 is 10.9 Å². The molecule has 14 heavy (non-hydrogen) atoms. The highest BCUT2D eigenvalue weighted by atomic mass is 16.3. The fourth-order valence-electron chi connectivity index (χ4n) is 1.84. The molecule has 1 atom stereocenters. The first-order valence-electron chi connectivity index (χ1n) is 4.90. The normalized spacial score (nSPS) is 13.4. The van der Waals surface area contributed by atoms with Crippen LogP contribution in [0.1, 0.15) is 12.6 Å². The number of hydrogen-bond donors (Lipinski definition) is 1. The van der Waals surface area contributed by atoms with Crippen LogP contribution in [0.3, 0.4) is 0 Å². The number of aromatic nitrogens is 1. The van der Waals surface area contributed by atoms with Crippen molar-refractivity contribution < 1.29 is 5.11 Å². The molecule has 0 spiro atoms. The average molecular weight is 189 g/mol. The van der Waals surface area contributed by atoms with Gasteiger partial charge in [-0.2, -0.15) is 0 Å². The molecular formula is C12H15NO. The number of aryl methyl sites for hydroxylation is 1. The van der Waals surface area contributed by atoms with E-state index in [9.17, 15) is 5.11 Å². The molecule has 2 nitrogen and oxygen atoms in total. The molecule has 2 aromatic rings. The molecule has 1 heterocycles. The number of nitrogens with zero attached hydrogens (tertiary/aromatic N) is 1. The highest BCUT2D eigenvalue weighted by Crippen LogP contribution is 2.19. The van der Waals surface area contributed by atoms with Gasteiger partial charge in [-0.1, -0.05) is 18.2 Å². The van der Waals surface area contributed by atoms with Gasteiger partial charge >= 0.3 is 0 Å². The van der Waals surface area contributed by atoms with Gasteiger partial charge in [-0.25, -0.2) is 0 Å². The molecule has 0 aliphatic carbocycles. The largest absolute Gasteiger partial charge is 0.393 e. The second-order valence-electron chi connectivity index (χ2n) is 3.81. The third-order valence-corrected chi connectivity index (χ3v) is 2.56. The van der Waals surface area contributed by atoms with Crippen LogP contribution in [0.15, 0.2) is 30.3 Å². The topological polar surface area (TPSA) is 25.2 Å². The van der Waals surface area contributed by atoms with Crippen molar-refractivity contribution in [2.75, 3.05) is 0 Å². The minimum atomic E-state index is -0.280. The van der Waals surface area contributed by atoms with E-state index in [2.05, 4.69) is 22.8 Å². The second kappa shape index (κ2) is 3.46. The number of aliphatic hydroxyl groups excluding tert-OH is 1. The lowest BCUT2D eigenvalue weighted by atomic mass is 10.2. The van der Waals surface area contributed by atoms with Gasteiger partial charge < -0.3 is 9.67 Å². The van der Waals surface area contributed by atoms with Crippen LogP contribution in [0.25, 0.3) is 10.9 Å². The van der Waals surface area contributed by atoms with Crippen molar-refractivity contribution in [2.24, 2.45) is 7.05 Å². The predicted molar refractivity (Wildman–Crippen MR) is 58.3 cm³/mol. The average Bonchev–Trinajstić information content (AvgIpc) is 2.44. The zero-order valence-electron chi connectivity index (χ0n) is 8.57. The van der Waals surface area contributed by atoms with E-state index in [4.69, 9.17) is 0 Å². The van der Waals surface area contributed by atoms with E-state index in [1.807, 2.05) is 26.1 Å². The van der Waals surface area contributed by atoms with E-state index < -0.39 is 0 Å². The van der Waals surface area contributed by atoms with Gasteiger partial charge in [0.25, 0.3) is 0 Å². The van der Waals surface area contributed by atoms with Gasteiger partial charge in [0.1, 0.15) is 0 Å². The first kappa shape index (κ1) is 9.28. The maximum atomic E-state index is 9.34. The smallest absolute Gasteiger partial charge is 0.0566 e. The number of aliphatic hydroxyl groups is 1. The van der Waals surface area contributed by atoms with Crippen LogP contribution in [0.4, 0.5) is 0 Å². The summed E-state index contributed by atoms with van der Waals surface area (Å²) in [5, 5.41) is 10.6. The Morgan fingerprint density at radius 3 is 2.71 bits per heavy atom. The Labute approximate surface area is 83.8 Å².